The average Bonchev–Trinajstić information content (AvgIpc) is 3.19. The molecule has 0 aliphatic carbocycles. The van der Waals surface area contributed by atoms with Crippen molar-refractivity contribution in [1.82, 2.24) is 15.6 Å². The van der Waals surface area contributed by atoms with Gasteiger partial charge in [0, 0.05) is 37.1 Å². The van der Waals surface area contributed by atoms with Gasteiger partial charge in [-0.25, -0.2) is 0 Å². The van der Waals surface area contributed by atoms with Gasteiger partial charge in [-0.05, 0) is 30.5 Å². The summed E-state index contributed by atoms with van der Waals surface area (Å²) in [5.74, 6) is -0.583. The molecule has 1 saturated heterocycles. The summed E-state index contributed by atoms with van der Waals surface area (Å²) in [7, 11) is 0. The molecule has 6 nitrogen and oxygen atoms in total. The Hall–Kier alpha value is -2.44. The molecular weight excluding hydrogens is 354 g/mol. The van der Waals surface area contributed by atoms with E-state index in [0.717, 1.165) is 25.0 Å². The third-order valence-corrected chi connectivity index (χ3v) is 4.54. The molecule has 1 atom stereocenters. The Bertz CT molecular complexity index is 791. The molecule has 1 fully saturated rings. The Kier molecular flexibility index (Phi) is 6.20. The quantitative estimate of drug-likeness (QED) is 0.815. The third-order valence-electron chi connectivity index (χ3n) is 4.17. The van der Waals surface area contributed by atoms with Gasteiger partial charge in [0.2, 0.25) is 0 Å². The summed E-state index contributed by atoms with van der Waals surface area (Å²) in [4.78, 5) is 28.6. The molecular formula is C19H20ClN3O3. The summed E-state index contributed by atoms with van der Waals surface area (Å²) < 4.78 is 5.48. The van der Waals surface area contributed by atoms with Gasteiger partial charge in [0.25, 0.3) is 11.8 Å². The first-order valence-electron chi connectivity index (χ1n) is 8.50. The van der Waals surface area contributed by atoms with E-state index in [0.29, 0.717) is 29.2 Å². The van der Waals surface area contributed by atoms with Crippen LogP contribution in [0.1, 0.15) is 39.1 Å². The highest BCUT2D eigenvalue weighted by Gasteiger charge is 2.17. The van der Waals surface area contributed by atoms with Crippen molar-refractivity contribution >= 4 is 23.4 Å². The fourth-order valence-corrected chi connectivity index (χ4v) is 2.92. The summed E-state index contributed by atoms with van der Waals surface area (Å²) in [6.45, 7) is 1.50. The highest BCUT2D eigenvalue weighted by Crippen LogP contribution is 2.15. The van der Waals surface area contributed by atoms with Crippen LogP contribution in [0.25, 0.3) is 0 Å². The number of hydrogen-bond donors (Lipinski definition) is 2. The predicted octanol–water partition coefficient (Wildman–Crippen LogP) is 2.57. The second-order valence-electron chi connectivity index (χ2n) is 6.08. The number of amides is 2. The number of aromatic nitrogens is 1. The van der Waals surface area contributed by atoms with E-state index in [1.807, 2.05) is 18.2 Å². The number of pyridine rings is 1. The van der Waals surface area contributed by atoms with Gasteiger partial charge in [0.05, 0.1) is 17.2 Å². The molecule has 7 heteroatoms. The van der Waals surface area contributed by atoms with Crippen LogP contribution in [-0.2, 0) is 11.3 Å². The van der Waals surface area contributed by atoms with Crippen LogP contribution in [0, 0.1) is 0 Å². The molecule has 3 rings (SSSR count). The van der Waals surface area contributed by atoms with Gasteiger partial charge in [0.15, 0.2) is 0 Å². The van der Waals surface area contributed by atoms with Crippen molar-refractivity contribution in [2.24, 2.45) is 0 Å². The molecule has 1 aromatic heterocycles. The molecule has 2 N–H and O–H groups in total. The van der Waals surface area contributed by atoms with Gasteiger partial charge >= 0.3 is 0 Å². The van der Waals surface area contributed by atoms with E-state index in [4.69, 9.17) is 16.3 Å². The molecule has 0 bridgehead atoms. The van der Waals surface area contributed by atoms with Crippen molar-refractivity contribution in [3.05, 3.63) is 64.4 Å². The largest absolute Gasteiger partial charge is 0.376 e. The summed E-state index contributed by atoms with van der Waals surface area (Å²) in [5, 5.41) is 6.19. The highest BCUT2D eigenvalue weighted by molar-refractivity contribution is 6.31. The molecule has 0 spiro atoms. The van der Waals surface area contributed by atoms with Gasteiger partial charge in [-0.15, -0.1) is 0 Å². The number of ether oxygens (including phenoxy) is 1. The zero-order chi connectivity index (χ0) is 18.4. The fourth-order valence-electron chi connectivity index (χ4n) is 2.72. The van der Waals surface area contributed by atoms with Crippen LogP contribution in [0.3, 0.4) is 0 Å². The Balaban J connectivity index is 1.58. The number of carbonyl (C=O) groups is 2. The van der Waals surface area contributed by atoms with Crippen molar-refractivity contribution in [2.45, 2.75) is 25.5 Å². The van der Waals surface area contributed by atoms with E-state index in [-0.39, 0.29) is 17.9 Å². The minimum atomic E-state index is -0.314. The number of rotatable bonds is 6. The van der Waals surface area contributed by atoms with Gasteiger partial charge in [-0.3, -0.25) is 14.6 Å². The molecule has 0 saturated carbocycles. The lowest BCUT2D eigenvalue weighted by molar-refractivity contribution is 0.0857. The van der Waals surface area contributed by atoms with Crippen LogP contribution < -0.4 is 10.6 Å². The van der Waals surface area contributed by atoms with E-state index < -0.39 is 0 Å². The second-order valence-corrected chi connectivity index (χ2v) is 6.49. The SMILES string of the molecule is O=C(NCc1ccccc1Cl)c1cncc(C(=O)NCC2CCCO2)c1. The van der Waals surface area contributed by atoms with Crippen molar-refractivity contribution in [3.63, 3.8) is 0 Å². The molecule has 136 valence electrons. The lowest BCUT2D eigenvalue weighted by atomic mass is 10.1. The molecule has 26 heavy (non-hydrogen) atoms. The highest BCUT2D eigenvalue weighted by atomic mass is 35.5. The average molecular weight is 374 g/mol. The van der Waals surface area contributed by atoms with E-state index in [9.17, 15) is 9.59 Å². The molecule has 0 radical (unpaired) electrons. The first-order chi connectivity index (χ1) is 12.6. The van der Waals surface area contributed by atoms with E-state index >= 15 is 0 Å². The summed E-state index contributed by atoms with van der Waals surface area (Å²) >= 11 is 6.08. The van der Waals surface area contributed by atoms with E-state index in [1.54, 1.807) is 6.07 Å². The Morgan fingerprint density at radius 1 is 1.15 bits per heavy atom. The van der Waals surface area contributed by atoms with E-state index in [1.165, 1.54) is 18.5 Å². The van der Waals surface area contributed by atoms with Crippen molar-refractivity contribution in [3.8, 4) is 0 Å². The lowest BCUT2D eigenvalue weighted by Crippen LogP contribution is -2.32. The number of halogens is 1. The fraction of sp³-hybridized carbons (Fsp3) is 0.316. The number of benzene rings is 1. The molecule has 2 amide bonds. The number of nitrogens with zero attached hydrogens (tertiary/aromatic N) is 1. The van der Waals surface area contributed by atoms with Crippen LogP contribution in [0.15, 0.2) is 42.7 Å². The van der Waals surface area contributed by atoms with Crippen molar-refractivity contribution in [2.75, 3.05) is 13.2 Å². The maximum absolute atomic E-state index is 12.3. The van der Waals surface area contributed by atoms with Gasteiger partial charge in [-0.1, -0.05) is 29.8 Å². The Morgan fingerprint density at radius 3 is 2.58 bits per heavy atom. The molecule has 1 aliphatic rings. The molecule has 2 heterocycles. The number of hydrogen-bond acceptors (Lipinski definition) is 4. The smallest absolute Gasteiger partial charge is 0.253 e. The predicted molar refractivity (Wildman–Crippen MR) is 98.2 cm³/mol. The maximum Gasteiger partial charge on any atom is 0.253 e. The van der Waals surface area contributed by atoms with Crippen LogP contribution in [-0.4, -0.2) is 36.1 Å². The van der Waals surface area contributed by atoms with Crippen LogP contribution in [0.4, 0.5) is 0 Å². The lowest BCUT2D eigenvalue weighted by Gasteiger charge is -2.11. The minimum absolute atomic E-state index is 0.0639. The summed E-state index contributed by atoms with van der Waals surface area (Å²) in [6, 6.07) is 8.82. The molecule has 1 aromatic carbocycles. The number of carbonyl (C=O) groups excluding carboxylic acids is 2. The first-order valence-corrected chi connectivity index (χ1v) is 8.88. The van der Waals surface area contributed by atoms with E-state index in [2.05, 4.69) is 15.6 Å². The monoisotopic (exact) mass is 373 g/mol. The normalized spacial score (nSPS) is 16.3. The van der Waals surface area contributed by atoms with Gasteiger partial charge in [-0.2, -0.15) is 0 Å². The number of nitrogens with one attached hydrogen (secondary N) is 2. The second kappa shape index (κ2) is 8.78. The van der Waals surface area contributed by atoms with Crippen molar-refractivity contribution < 1.29 is 14.3 Å². The molecule has 1 aliphatic heterocycles. The van der Waals surface area contributed by atoms with Crippen molar-refractivity contribution in [1.29, 1.82) is 0 Å². The molecule has 2 aromatic rings. The third kappa shape index (κ3) is 4.80. The standard InChI is InChI=1S/C19H20ClN3O3/c20-17-6-2-1-4-13(17)11-22-18(24)14-8-15(10-21-9-14)19(25)23-12-16-5-3-7-26-16/h1-2,4,6,8-10,16H,3,5,7,11-12H2,(H,22,24)(H,23,25). The zero-order valence-electron chi connectivity index (χ0n) is 14.2. The Labute approximate surface area is 156 Å². The van der Waals surface area contributed by atoms with Gasteiger partial charge < -0.3 is 15.4 Å². The minimum Gasteiger partial charge on any atom is -0.376 e. The topological polar surface area (TPSA) is 80.3 Å². The van der Waals surface area contributed by atoms with Crippen LogP contribution >= 0.6 is 11.6 Å². The zero-order valence-corrected chi connectivity index (χ0v) is 15.0. The first kappa shape index (κ1) is 18.4. The van der Waals surface area contributed by atoms with Crippen LogP contribution in [0.2, 0.25) is 5.02 Å². The maximum atomic E-state index is 12.3. The Morgan fingerprint density at radius 2 is 1.88 bits per heavy atom. The molecule has 1 unspecified atom stereocenters. The summed E-state index contributed by atoms with van der Waals surface area (Å²) in [5.41, 5.74) is 1.48. The summed E-state index contributed by atoms with van der Waals surface area (Å²) in [6.07, 6.45) is 4.90. The van der Waals surface area contributed by atoms with Gasteiger partial charge in [0.1, 0.15) is 0 Å². The van der Waals surface area contributed by atoms with Crippen LogP contribution in [0.5, 0.6) is 0 Å².